The molecule has 0 radical (unpaired) electrons. The Morgan fingerprint density at radius 3 is 2.25 bits per heavy atom. The number of aryl methyl sites for hydroxylation is 2. The van der Waals surface area contributed by atoms with E-state index in [1.807, 2.05) is 6.92 Å². The van der Waals surface area contributed by atoms with Gasteiger partial charge in [0, 0.05) is 11.8 Å². The van der Waals surface area contributed by atoms with Crippen LogP contribution in [0.4, 0.5) is 0 Å². The molecule has 0 fully saturated rings. The lowest BCUT2D eigenvalue weighted by molar-refractivity contribution is 0.100. The smallest absolute Gasteiger partial charge is 0.280 e. The van der Waals surface area contributed by atoms with Crippen LogP contribution in [0.25, 0.3) is 0 Å². The van der Waals surface area contributed by atoms with Crippen LogP contribution in [0, 0.1) is 6.92 Å². The number of benzene rings is 1. The average molecular weight is 320 g/mol. The fourth-order valence-corrected chi connectivity index (χ4v) is 2.79. The summed E-state index contributed by atoms with van der Waals surface area (Å²) in [6.45, 7) is 3.55. The van der Waals surface area contributed by atoms with E-state index in [2.05, 4.69) is 4.99 Å². The first-order valence-corrected chi connectivity index (χ1v) is 7.53. The lowest BCUT2D eigenvalue weighted by Crippen LogP contribution is -2.24. The quantitative estimate of drug-likeness (QED) is 0.631. The van der Waals surface area contributed by atoms with Gasteiger partial charge in [-0.25, -0.2) is 8.42 Å². The van der Waals surface area contributed by atoms with E-state index >= 15 is 0 Å². The summed E-state index contributed by atoms with van der Waals surface area (Å²) in [6, 6.07) is 3.00. The summed E-state index contributed by atoms with van der Waals surface area (Å²) in [7, 11) is -3.41. The highest BCUT2D eigenvalue weighted by Gasteiger charge is 2.18. The fourth-order valence-electron chi connectivity index (χ4n) is 1.82. The molecule has 1 amide bonds. The molecule has 6 nitrogen and oxygen atoms in total. The maximum absolute atomic E-state index is 11.9. The van der Waals surface area contributed by atoms with Crippen LogP contribution in [-0.2, 0) is 16.3 Å². The number of guanidine groups is 1. The molecule has 0 atom stereocenters. The molecular weight excluding hydrogens is 302 g/mol. The normalized spacial score (nSPS) is 10.6. The van der Waals surface area contributed by atoms with Crippen LogP contribution in [0.2, 0.25) is 0 Å². The number of nitrogens with zero attached hydrogens (tertiary/aromatic N) is 1. The molecule has 0 bridgehead atoms. The number of aliphatic imine (C=N–C) groups is 1. The molecular formula is C12H18ClN3O3S. The van der Waals surface area contributed by atoms with E-state index in [-0.39, 0.29) is 28.8 Å². The summed E-state index contributed by atoms with van der Waals surface area (Å²) < 4.78 is 23.3. The zero-order valence-corrected chi connectivity index (χ0v) is 13.1. The van der Waals surface area contributed by atoms with Gasteiger partial charge in [-0.2, -0.15) is 4.99 Å². The standard InChI is InChI=1S/C12H17N3O3S.ClH/c1-4-8-5-7(2)10(19(3,17)18)6-9(8)11(16)15-12(13)14;/h5-6H,4H2,1-3H3,(H4,13,14,15,16);1H. The van der Waals surface area contributed by atoms with Gasteiger partial charge in [0.15, 0.2) is 15.8 Å². The van der Waals surface area contributed by atoms with Gasteiger partial charge in [0.2, 0.25) is 0 Å². The Bertz CT molecular complexity index is 650. The van der Waals surface area contributed by atoms with Gasteiger partial charge in [0.25, 0.3) is 5.91 Å². The fraction of sp³-hybridized carbons (Fsp3) is 0.333. The molecule has 0 aliphatic rings. The second kappa shape index (κ2) is 6.71. The van der Waals surface area contributed by atoms with E-state index in [0.29, 0.717) is 17.5 Å². The maximum atomic E-state index is 11.9. The minimum Gasteiger partial charge on any atom is -0.370 e. The SMILES string of the molecule is CCc1cc(C)c(S(C)(=O)=O)cc1C(=O)N=C(N)N.Cl. The second-order valence-electron chi connectivity index (χ2n) is 4.24. The van der Waals surface area contributed by atoms with Gasteiger partial charge in [0.1, 0.15) is 0 Å². The molecule has 0 aliphatic carbocycles. The third kappa shape index (κ3) is 4.21. The van der Waals surface area contributed by atoms with Crippen LogP contribution >= 0.6 is 12.4 Å². The number of nitrogens with two attached hydrogens (primary N) is 2. The number of sulfone groups is 1. The Kier molecular flexibility index (Phi) is 6.18. The van der Waals surface area contributed by atoms with Gasteiger partial charge in [-0.3, -0.25) is 4.79 Å². The summed E-state index contributed by atoms with van der Waals surface area (Å²) >= 11 is 0. The largest absolute Gasteiger partial charge is 0.370 e. The first-order chi connectivity index (χ1) is 8.66. The zero-order chi connectivity index (χ0) is 14.8. The Morgan fingerprint density at radius 1 is 1.30 bits per heavy atom. The summed E-state index contributed by atoms with van der Waals surface area (Å²) in [6.07, 6.45) is 1.67. The van der Waals surface area contributed by atoms with E-state index in [0.717, 1.165) is 6.26 Å². The van der Waals surface area contributed by atoms with Crippen molar-refractivity contribution in [2.75, 3.05) is 6.26 Å². The summed E-state index contributed by atoms with van der Waals surface area (Å²) in [5.41, 5.74) is 11.8. The van der Waals surface area contributed by atoms with Crippen molar-refractivity contribution in [3.63, 3.8) is 0 Å². The zero-order valence-electron chi connectivity index (χ0n) is 11.5. The molecule has 1 aromatic rings. The molecule has 1 aromatic carbocycles. The van der Waals surface area contributed by atoms with Gasteiger partial charge in [-0.15, -0.1) is 12.4 Å². The monoisotopic (exact) mass is 319 g/mol. The minimum absolute atomic E-state index is 0. The van der Waals surface area contributed by atoms with Gasteiger partial charge in [-0.1, -0.05) is 13.0 Å². The van der Waals surface area contributed by atoms with Crippen molar-refractivity contribution in [1.82, 2.24) is 0 Å². The Labute approximate surface area is 124 Å². The number of hydrogen-bond acceptors (Lipinski definition) is 3. The molecule has 4 N–H and O–H groups in total. The predicted molar refractivity (Wildman–Crippen MR) is 81.1 cm³/mol. The van der Waals surface area contributed by atoms with E-state index < -0.39 is 15.7 Å². The highest BCUT2D eigenvalue weighted by atomic mass is 35.5. The Hall–Kier alpha value is -1.60. The number of hydrogen-bond donors (Lipinski definition) is 2. The van der Waals surface area contributed by atoms with Crippen molar-refractivity contribution >= 4 is 34.1 Å². The first-order valence-electron chi connectivity index (χ1n) is 5.64. The topological polar surface area (TPSA) is 116 Å². The molecule has 112 valence electrons. The number of carbonyl (C=O) groups excluding carboxylic acids is 1. The molecule has 0 spiro atoms. The highest BCUT2D eigenvalue weighted by Crippen LogP contribution is 2.22. The molecule has 1 rings (SSSR count). The van der Waals surface area contributed by atoms with Crippen molar-refractivity contribution in [3.8, 4) is 0 Å². The molecule has 0 aliphatic heterocycles. The van der Waals surface area contributed by atoms with E-state index in [4.69, 9.17) is 11.5 Å². The first kappa shape index (κ1) is 18.4. The number of carbonyl (C=O) groups is 1. The van der Waals surface area contributed by atoms with Crippen molar-refractivity contribution < 1.29 is 13.2 Å². The van der Waals surface area contributed by atoms with Crippen LogP contribution in [0.3, 0.4) is 0 Å². The molecule has 0 unspecified atom stereocenters. The van der Waals surface area contributed by atoms with Crippen LogP contribution in [0.1, 0.15) is 28.4 Å². The molecule has 0 aromatic heterocycles. The Morgan fingerprint density at radius 2 is 1.85 bits per heavy atom. The van der Waals surface area contributed by atoms with Crippen molar-refractivity contribution in [2.24, 2.45) is 16.5 Å². The van der Waals surface area contributed by atoms with Crippen LogP contribution < -0.4 is 11.5 Å². The van der Waals surface area contributed by atoms with Crippen LogP contribution in [0.15, 0.2) is 22.0 Å². The predicted octanol–water partition coefficient (Wildman–Crippen LogP) is 0.796. The third-order valence-electron chi connectivity index (χ3n) is 2.64. The molecule has 20 heavy (non-hydrogen) atoms. The van der Waals surface area contributed by atoms with Gasteiger partial charge >= 0.3 is 0 Å². The minimum atomic E-state index is -3.41. The molecule has 0 heterocycles. The van der Waals surface area contributed by atoms with Crippen LogP contribution in [-0.4, -0.2) is 26.5 Å². The third-order valence-corrected chi connectivity index (χ3v) is 3.88. The molecule has 0 saturated heterocycles. The van der Waals surface area contributed by atoms with Crippen molar-refractivity contribution in [3.05, 3.63) is 28.8 Å². The summed E-state index contributed by atoms with van der Waals surface area (Å²) in [4.78, 5) is 15.4. The summed E-state index contributed by atoms with van der Waals surface area (Å²) in [5.74, 6) is -0.990. The summed E-state index contributed by atoms with van der Waals surface area (Å²) in [5, 5.41) is 0. The average Bonchev–Trinajstić information content (AvgIpc) is 2.25. The molecule has 0 saturated carbocycles. The lowest BCUT2D eigenvalue weighted by atomic mass is 10.0. The highest BCUT2D eigenvalue weighted by molar-refractivity contribution is 7.90. The Balaban J connectivity index is 0.00000361. The number of amides is 1. The van der Waals surface area contributed by atoms with Gasteiger partial charge < -0.3 is 11.5 Å². The van der Waals surface area contributed by atoms with Gasteiger partial charge in [-0.05, 0) is 30.5 Å². The van der Waals surface area contributed by atoms with Crippen molar-refractivity contribution in [1.29, 1.82) is 0 Å². The number of rotatable bonds is 3. The maximum Gasteiger partial charge on any atom is 0.280 e. The van der Waals surface area contributed by atoms with Crippen molar-refractivity contribution in [2.45, 2.75) is 25.2 Å². The molecule has 8 heteroatoms. The van der Waals surface area contributed by atoms with E-state index in [1.54, 1.807) is 13.0 Å². The van der Waals surface area contributed by atoms with E-state index in [1.165, 1.54) is 6.07 Å². The number of halogens is 1. The van der Waals surface area contributed by atoms with Crippen LogP contribution in [0.5, 0.6) is 0 Å². The lowest BCUT2D eigenvalue weighted by Gasteiger charge is -2.10. The van der Waals surface area contributed by atoms with Gasteiger partial charge in [0.05, 0.1) is 4.90 Å². The second-order valence-corrected chi connectivity index (χ2v) is 6.23. The van der Waals surface area contributed by atoms with E-state index in [9.17, 15) is 13.2 Å².